The molecule has 0 aromatic carbocycles. The third-order valence-electron chi connectivity index (χ3n) is 3.21. The number of hydrogen-bond acceptors (Lipinski definition) is 4. The molecule has 1 saturated heterocycles. The number of rotatable bonds is 2. The van der Waals surface area contributed by atoms with Crippen LogP contribution in [0.4, 0.5) is 0 Å². The summed E-state index contributed by atoms with van der Waals surface area (Å²) in [4.78, 5) is 29.5. The SMILES string of the molecule is COC(=O)C1CCCCN1C(=O)c1ccnc(Cl)c1. The number of likely N-dealkylation sites (tertiary alicyclic amines) is 1. The largest absolute Gasteiger partial charge is 0.467 e. The number of amides is 1. The standard InChI is InChI=1S/C13H15ClN2O3/c1-19-13(18)10-4-2-3-7-16(10)12(17)9-5-6-15-11(14)8-9/h5-6,8,10H,2-4,7H2,1H3. The Balaban J connectivity index is 2.22. The molecule has 0 saturated carbocycles. The number of carbonyl (C=O) groups excluding carboxylic acids is 2. The van der Waals surface area contributed by atoms with Gasteiger partial charge in [-0.05, 0) is 31.4 Å². The highest BCUT2D eigenvalue weighted by molar-refractivity contribution is 6.29. The fourth-order valence-electron chi connectivity index (χ4n) is 2.26. The van der Waals surface area contributed by atoms with Gasteiger partial charge in [-0.2, -0.15) is 0 Å². The van der Waals surface area contributed by atoms with Crippen LogP contribution in [0.5, 0.6) is 0 Å². The molecule has 0 aliphatic carbocycles. The zero-order chi connectivity index (χ0) is 13.8. The summed E-state index contributed by atoms with van der Waals surface area (Å²) in [6, 6.07) is 2.60. The van der Waals surface area contributed by atoms with Crippen LogP contribution in [0.2, 0.25) is 5.15 Å². The lowest BCUT2D eigenvalue weighted by atomic mass is 10.0. The molecule has 1 fully saturated rings. The summed E-state index contributed by atoms with van der Waals surface area (Å²) in [5.41, 5.74) is 0.441. The van der Waals surface area contributed by atoms with Gasteiger partial charge in [0.05, 0.1) is 7.11 Å². The van der Waals surface area contributed by atoms with Gasteiger partial charge in [0.15, 0.2) is 0 Å². The third kappa shape index (κ3) is 3.04. The second kappa shape index (κ2) is 6.02. The Morgan fingerprint density at radius 2 is 2.26 bits per heavy atom. The van der Waals surface area contributed by atoms with Crippen molar-refractivity contribution >= 4 is 23.5 Å². The van der Waals surface area contributed by atoms with Gasteiger partial charge in [-0.15, -0.1) is 0 Å². The van der Waals surface area contributed by atoms with Crippen LogP contribution in [0.1, 0.15) is 29.6 Å². The van der Waals surface area contributed by atoms with E-state index in [4.69, 9.17) is 16.3 Å². The van der Waals surface area contributed by atoms with Crippen LogP contribution in [0.25, 0.3) is 0 Å². The molecule has 1 aromatic rings. The lowest BCUT2D eigenvalue weighted by Crippen LogP contribution is -2.48. The van der Waals surface area contributed by atoms with Crippen molar-refractivity contribution in [2.75, 3.05) is 13.7 Å². The summed E-state index contributed by atoms with van der Waals surface area (Å²) in [5, 5.41) is 0.262. The number of methoxy groups -OCH3 is 1. The zero-order valence-electron chi connectivity index (χ0n) is 10.6. The van der Waals surface area contributed by atoms with E-state index in [1.807, 2.05) is 0 Å². The van der Waals surface area contributed by atoms with Gasteiger partial charge in [0, 0.05) is 18.3 Å². The first-order valence-electron chi connectivity index (χ1n) is 6.14. The molecule has 6 heteroatoms. The molecular formula is C13H15ClN2O3. The highest BCUT2D eigenvalue weighted by atomic mass is 35.5. The van der Waals surface area contributed by atoms with Gasteiger partial charge in [-0.3, -0.25) is 4.79 Å². The number of nitrogens with zero attached hydrogens (tertiary/aromatic N) is 2. The Bertz CT molecular complexity index is 493. The van der Waals surface area contributed by atoms with Crippen molar-refractivity contribution in [2.24, 2.45) is 0 Å². The summed E-state index contributed by atoms with van der Waals surface area (Å²) in [6.07, 6.45) is 3.92. The van der Waals surface area contributed by atoms with Crippen LogP contribution >= 0.6 is 11.6 Å². The fraction of sp³-hybridized carbons (Fsp3) is 0.462. The number of carbonyl (C=O) groups is 2. The van der Waals surface area contributed by atoms with Crippen LogP contribution in [0.3, 0.4) is 0 Å². The molecule has 5 nitrogen and oxygen atoms in total. The Labute approximate surface area is 116 Å². The minimum Gasteiger partial charge on any atom is -0.467 e. The Hall–Kier alpha value is -1.62. The molecular weight excluding hydrogens is 268 g/mol. The molecule has 1 aliphatic rings. The lowest BCUT2D eigenvalue weighted by Gasteiger charge is -2.33. The summed E-state index contributed by atoms with van der Waals surface area (Å²) in [5.74, 6) is -0.576. The normalized spacial score (nSPS) is 19.1. The first kappa shape index (κ1) is 13.8. The number of esters is 1. The van der Waals surface area contributed by atoms with E-state index in [2.05, 4.69) is 4.98 Å². The number of hydrogen-bond donors (Lipinski definition) is 0. The van der Waals surface area contributed by atoms with Crippen molar-refractivity contribution in [3.8, 4) is 0 Å². The minimum atomic E-state index is -0.502. The number of ether oxygens (including phenoxy) is 1. The van der Waals surface area contributed by atoms with Crippen molar-refractivity contribution in [1.29, 1.82) is 0 Å². The summed E-state index contributed by atoms with van der Waals surface area (Å²) in [7, 11) is 1.34. The molecule has 0 bridgehead atoms. The Morgan fingerprint density at radius 3 is 2.95 bits per heavy atom. The molecule has 1 unspecified atom stereocenters. The third-order valence-corrected chi connectivity index (χ3v) is 3.42. The van der Waals surface area contributed by atoms with Gasteiger partial charge < -0.3 is 9.64 Å². The topological polar surface area (TPSA) is 59.5 Å². The van der Waals surface area contributed by atoms with Crippen LogP contribution < -0.4 is 0 Å². The molecule has 0 N–H and O–H groups in total. The Kier molecular flexibility index (Phi) is 4.37. The van der Waals surface area contributed by atoms with Gasteiger partial charge >= 0.3 is 5.97 Å². The molecule has 1 atom stereocenters. The average molecular weight is 283 g/mol. The molecule has 1 aliphatic heterocycles. The summed E-state index contributed by atoms with van der Waals surface area (Å²) in [6.45, 7) is 0.554. The Morgan fingerprint density at radius 1 is 1.47 bits per heavy atom. The fourth-order valence-corrected chi connectivity index (χ4v) is 2.43. The maximum Gasteiger partial charge on any atom is 0.328 e. The predicted octanol–water partition coefficient (Wildman–Crippen LogP) is 1.90. The van der Waals surface area contributed by atoms with E-state index in [9.17, 15) is 9.59 Å². The number of pyridine rings is 1. The van der Waals surface area contributed by atoms with E-state index in [0.29, 0.717) is 18.5 Å². The van der Waals surface area contributed by atoms with Crippen molar-refractivity contribution in [2.45, 2.75) is 25.3 Å². The van der Waals surface area contributed by atoms with Crippen LogP contribution in [0.15, 0.2) is 18.3 Å². The summed E-state index contributed by atoms with van der Waals surface area (Å²) < 4.78 is 4.76. The van der Waals surface area contributed by atoms with E-state index in [1.54, 1.807) is 11.0 Å². The van der Waals surface area contributed by atoms with Crippen LogP contribution in [-0.2, 0) is 9.53 Å². The molecule has 102 valence electrons. The van der Waals surface area contributed by atoms with Gasteiger partial charge in [0.25, 0.3) is 5.91 Å². The molecule has 2 heterocycles. The highest BCUT2D eigenvalue weighted by Gasteiger charge is 2.33. The van der Waals surface area contributed by atoms with E-state index < -0.39 is 6.04 Å². The van der Waals surface area contributed by atoms with Crippen molar-refractivity contribution in [1.82, 2.24) is 9.88 Å². The first-order chi connectivity index (χ1) is 9.13. The second-order valence-corrected chi connectivity index (χ2v) is 4.79. The minimum absolute atomic E-state index is 0.209. The van der Waals surface area contributed by atoms with Crippen LogP contribution in [0, 0.1) is 0 Å². The molecule has 2 rings (SSSR count). The number of aromatic nitrogens is 1. The number of halogens is 1. The predicted molar refractivity (Wildman–Crippen MR) is 69.9 cm³/mol. The molecule has 0 spiro atoms. The van der Waals surface area contributed by atoms with Gasteiger partial charge in [-0.25, -0.2) is 9.78 Å². The molecule has 1 amide bonds. The number of piperidine rings is 1. The lowest BCUT2D eigenvalue weighted by molar-refractivity contribution is -0.147. The monoisotopic (exact) mass is 282 g/mol. The molecule has 1 aromatic heterocycles. The smallest absolute Gasteiger partial charge is 0.328 e. The van der Waals surface area contributed by atoms with Gasteiger partial charge in [0.2, 0.25) is 0 Å². The quantitative estimate of drug-likeness (QED) is 0.614. The van der Waals surface area contributed by atoms with E-state index in [0.717, 1.165) is 12.8 Å². The molecule has 19 heavy (non-hydrogen) atoms. The second-order valence-electron chi connectivity index (χ2n) is 4.40. The van der Waals surface area contributed by atoms with Crippen molar-refractivity contribution in [3.63, 3.8) is 0 Å². The van der Waals surface area contributed by atoms with E-state index in [-0.39, 0.29) is 17.0 Å². The summed E-state index contributed by atoms with van der Waals surface area (Å²) >= 11 is 5.78. The average Bonchev–Trinajstić information content (AvgIpc) is 2.45. The van der Waals surface area contributed by atoms with E-state index in [1.165, 1.54) is 19.4 Å². The van der Waals surface area contributed by atoms with Gasteiger partial charge in [-0.1, -0.05) is 11.6 Å². The maximum atomic E-state index is 12.4. The van der Waals surface area contributed by atoms with E-state index >= 15 is 0 Å². The maximum absolute atomic E-state index is 12.4. The van der Waals surface area contributed by atoms with Crippen LogP contribution in [-0.4, -0.2) is 41.5 Å². The van der Waals surface area contributed by atoms with Crippen molar-refractivity contribution in [3.05, 3.63) is 29.0 Å². The zero-order valence-corrected chi connectivity index (χ0v) is 11.4. The first-order valence-corrected chi connectivity index (χ1v) is 6.51. The van der Waals surface area contributed by atoms with Crippen molar-refractivity contribution < 1.29 is 14.3 Å². The highest BCUT2D eigenvalue weighted by Crippen LogP contribution is 2.21. The molecule has 0 radical (unpaired) electrons. The van der Waals surface area contributed by atoms with Gasteiger partial charge in [0.1, 0.15) is 11.2 Å².